The fourth-order valence-corrected chi connectivity index (χ4v) is 7.64. The van der Waals surface area contributed by atoms with Crippen LogP contribution in [0.2, 0.25) is 0 Å². The van der Waals surface area contributed by atoms with Gasteiger partial charge in [0.1, 0.15) is 0 Å². The van der Waals surface area contributed by atoms with Gasteiger partial charge in [0.05, 0.1) is 0 Å². The van der Waals surface area contributed by atoms with Crippen molar-refractivity contribution in [3.05, 3.63) is 50.6 Å². The maximum atomic E-state index is 5.52. The molecule has 0 saturated carbocycles. The van der Waals surface area contributed by atoms with Crippen LogP contribution in [0.1, 0.15) is 0 Å². The summed E-state index contributed by atoms with van der Waals surface area (Å²) in [5.41, 5.74) is 0. The number of nitrogens with zero attached hydrogens (tertiary/aromatic N) is 2. The van der Waals surface area contributed by atoms with E-state index in [0.29, 0.717) is 0 Å². The molecule has 0 atom stereocenters. The lowest BCUT2D eigenvalue weighted by Crippen LogP contribution is -2.15. The fraction of sp³-hybridized carbons (Fsp3) is 0.286. The monoisotopic (exact) mass is 472 g/mol. The number of hydrogen-bond acceptors (Lipinski definition) is 8. The fourth-order valence-electron chi connectivity index (χ4n) is 0.899. The van der Waals surface area contributed by atoms with Gasteiger partial charge < -0.3 is 0 Å². The Labute approximate surface area is 182 Å². The molecule has 24 heavy (non-hydrogen) atoms. The zero-order chi connectivity index (χ0) is 18.2. The third-order valence-electron chi connectivity index (χ3n) is 1.72. The molecule has 0 aliphatic carbocycles. The van der Waals surface area contributed by atoms with Crippen molar-refractivity contribution in [2.24, 2.45) is 0 Å². The molecule has 0 N–H and O–H groups in total. The molecule has 2 nitrogen and oxygen atoms in total. The normalized spacial score (nSPS) is 9.83. The lowest BCUT2D eigenvalue weighted by molar-refractivity contribution is 1.19. The van der Waals surface area contributed by atoms with Crippen molar-refractivity contribution >= 4 is 102 Å². The Morgan fingerprint density at radius 1 is 0.625 bits per heavy atom. The van der Waals surface area contributed by atoms with E-state index in [1.807, 2.05) is 31.7 Å². The van der Waals surface area contributed by atoms with E-state index in [0.717, 1.165) is 31.7 Å². The van der Waals surface area contributed by atoms with Crippen molar-refractivity contribution in [1.29, 1.82) is 0 Å². The minimum absolute atomic E-state index is 0.767. The van der Waals surface area contributed by atoms with Gasteiger partial charge in [-0.2, -0.15) is 0 Å². The first-order valence-corrected chi connectivity index (χ1v) is 13.3. The molecule has 0 aromatic heterocycles. The lowest BCUT2D eigenvalue weighted by Gasteiger charge is -2.22. The van der Waals surface area contributed by atoms with Crippen molar-refractivity contribution in [3.8, 4) is 0 Å². The van der Waals surface area contributed by atoms with Crippen LogP contribution in [0.3, 0.4) is 0 Å². The Balaban J connectivity index is 4.53. The van der Waals surface area contributed by atoms with E-state index in [2.05, 4.69) is 26.3 Å². The molecular weight excluding hydrogens is 453 g/mol. The van der Waals surface area contributed by atoms with Gasteiger partial charge in [-0.25, -0.2) is 7.42 Å². The maximum absolute atomic E-state index is 5.52. The van der Waals surface area contributed by atoms with Gasteiger partial charge in [0.15, 0.2) is 8.64 Å². The summed E-state index contributed by atoms with van der Waals surface area (Å²) in [5, 5.41) is 0. The minimum Gasteiger partial charge on any atom is -0.241 e. The molecule has 0 aliphatic heterocycles. The van der Waals surface area contributed by atoms with Crippen molar-refractivity contribution in [2.75, 3.05) is 23.0 Å². The SMILES string of the molecule is C=CCSN(SCC=C)C(=S)SSC(=S)N(SCC=C)SCC=C. The first-order chi connectivity index (χ1) is 11.6. The summed E-state index contributed by atoms with van der Waals surface area (Å²) in [6, 6.07) is 0. The van der Waals surface area contributed by atoms with Gasteiger partial charge in [-0.15, -0.1) is 26.3 Å². The highest BCUT2D eigenvalue weighted by Gasteiger charge is 2.16. The van der Waals surface area contributed by atoms with Crippen LogP contribution in [0.25, 0.3) is 0 Å². The molecule has 0 bridgehead atoms. The van der Waals surface area contributed by atoms with E-state index in [9.17, 15) is 0 Å². The first kappa shape index (κ1) is 24.8. The van der Waals surface area contributed by atoms with Gasteiger partial charge in [0.25, 0.3) is 0 Å². The summed E-state index contributed by atoms with van der Waals surface area (Å²) < 4.78 is 5.56. The Kier molecular flexibility index (Phi) is 17.9. The van der Waals surface area contributed by atoms with E-state index in [4.69, 9.17) is 24.4 Å². The van der Waals surface area contributed by atoms with Crippen molar-refractivity contribution in [3.63, 3.8) is 0 Å². The zero-order valence-electron chi connectivity index (χ0n) is 13.1. The molecule has 0 saturated heterocycles. The highest BCUT2D eigenvalue weighted by molar-refractivity contribution is 8.90. The Hall–Kier alpha value is 0.840. The van der Waals surface area contributed by atoms with Crippen molar-refractivity contribution in [2.45, 2.75) is 0 Å². The van der Waals surface area contributed by atoms with Gasteiger partial charge >= 0.3 is 0 Å². The van der Waals surface area contributed by atoms with Crippen LogP contribution in [0.5, 0.6) is 0 Å². The lowest BCUT2D eigenvalue weighted by atomic mass is 10.8. The standard InChI is InChI=1S/C14H20N2S8/c1-5-9-19-15(20-10-6-2)13(17)23-24-14(18)16(21-11-7-3)22-12-8-4/h5-8H,1-4,9-12H2. The molecule has 0 fully saturated rings. The summed E-state index contributed by atoms with van der Waals surface area (Å²) in [7, 11) is 2.98. The van der Waals surface area contributed by atoms with Crippen LogP contribution in [0.15, 0.2) is 50.6 Å². The molecule has 0 amide bonds. The molecule has 0 radical (unpaired) electrons. The van der Waals surface area contributed by atoms with Crippen LogP contribution >= 0.6 is 93.8 Å². The zero-order valence-corrected chi connectivity index (χ0v) is 19.7. The topological polar surface area (TPSA) is 6.48 Å². The van der Waals surface area contributed by atoms with Gasteiger partial charge in [-0.1, -0.05) is 24.3 Å². The summed E-state index contributed by atoms with van der Waals surface area (Å²) in [6.45, 7) is 15.0. The second kappa shape index (κ2) is 17.3. The minimum atomic E-state index is 0.767. The van der Waals surface area contributed by atoms with Crippen molar-refractivity contribution < 1.29 is 0 Å². The van der Waals surface area contributed by atoms with Crippen molar-refractivity contribution in [1.82, 2.24) is 7.42 Å². The van der Waals surface area contributed by atoms with E-state index < -0.39 is 0 Å². The molecule has 0 rings (SSSR count). The molecule has 10 heteroatoms. The molecule has 0 aromatic carbocycles. The highest BCUT2D eigenvalue weighted by atomic mass is 33.1. The third kappa shape index (κ3) is 12.2. The highest BCUT2D eigenvalue weighted by Crippen LogP contribution is 2.37. The molecule has 0 spiro atoms. The number of rotatable bonds is 12. The van der Waals surface area contributed by atoms with E-state index in [1.54, 1.807) is 47.8 Å². The number of hydrogen-bond donors (Lipinski definition) is 0. The predicted octanol–water partition coefficient (Wildman–Crippen LogP) is 6.88. The molecule has 0 aliphatic rings. The average molecular weight is 473 g/mol. The van der Waals surface area contributed by atoms with E-state index >= 15 is 0 Å². The molecule has 0 aromatic rings. The third-order valence-corrected chi connectivity index (χ3v) is 10.5. The predicted molar refractivity (Wildman–Crippen MR) is 135 cm³/mol. The molecular formula is C14H20N2S8. The molecule has 134 valence electrons. The first-order valence-electron chi connectivity index (χ1n) is 6.58. The van der Waals surface area contributed by atoms with Gasteiger partial charge in [-0.3, -0.25) is 0 Å². The van der Waals surface area contributed by atoms with Gasteiger partial charge in [0.2, 0.25) is 0 Å². The van der Waals surface area contributed by atoms with Gasteiger partial charge in [-0.05, 0) is 93.8 Å². The summed E-state index contributed by atoms with van der Waals surface area (Å²) in [5.74, 6) is 3.21. The maximum Gasteiger partial charge on any atom is 0.167 e. The van der Waals surface area contributed by atoms with E-state index in [1.165, 1.54) is 21.6 Å². The van der Waals surface area contributed by atoms with Crippen LogP contribution in [0, 0.1) is 0 Å². The quantitative estimate of drug-likeness (QED) is 0.128. The smallest absolute Gasteiger partial charge is 0.167 e. The Morgan fingerprint density at radius 3 is 1.08 bits per heavy atom. The Morgan fingerprint density at radius 2 is 0.875 bits per heavy atom. The Bertz CT molecular complexity index is 376. The summed E-state index contributed by atoms with van der Waals surface area (Å²) >= 11 is 17.5. The molecule has 0 heterocycles. The largest absolute Gasteiger partial charge is 0.241 e. The average Bonchev–Trinajstić information content (AvgIpc) is 2.59. The summed E-state index contributed by atoms with van der Waals surface area (Å²) in [6.07, 6.45) is 7.43. The van der Waals surface area contributed by atoms with Crippen LogP contribution < -0.4 is 0 Å². The van der Waals surface area contributed by atoms with Crippen LogP contribution in [0.4, 0.5) is 0 Å². The number of thiocarbonyl (C=S) groups is 2. The second-order valence-corrected chi connectivity index (χ2v) is 11.2. The second-order valence-electron chi connectivity index (χ2n) is 3.55. The van der Waals surface area contributed by atoms with Crippen LogP contribution in [-0.4, -0.2) is 39.1 Å². The summed E-state index contributed by atoms with van der Waals surface area (Å²) in [4.78, 5) is 0. The van der Waals surface area contributed by atoms with E-state index in [-0.39, 0.29) is 0 Å². The van der Waals surface area contributed by atoms with Gasteiger partial charge in [0, 0.05) is 23.0 Å². The van der Waals surface area contributed by atoms with Crippen LogP contribution in [-0.2, 0) is 0 Å². The molecule has 0 unspecified atom stereocenters.